The lowest BCUT2D eigenvalue weighted by atomic mass is 10.0. The molecule has 0 aromatic rings. The summed E-state index contributed by atoms with van der Waals surface area (Å²) >= 11 is 0. The molecule has 0 atom stereocenters. The summed E-state index contributed by atoms with van der Waals surface area (Å²) in [6, 6.07) is 0. The normalized spacial score (nSPS) is 12.6. The molecule has 0 saturated carbocycles. The van der Waals surface area contributed by atoms with E-state index in [1.807, 2.05) is 0 Å². The maximum absolute atomic E-state index is 2.48. The van der Waals surface area contributed by atoms with Crippen LogP contribution in [0.5, 0.6) is 0 Å². The van der Waals surface area contributed by atoms with Gasteiger partial charge in [-0.15, -0.1) is 0 Å². The van der Waals surface area contributed by atoms with Crippen LogP contribution in [0.3, 0.4) is 0 Å². The van der Waals surface area contributed by atoms with Gasteiger partial charge < -0.3 is 4.15 Å². The topological polar surface area (TPSA) is 6.48 Å². The van der Waals surface area contributed by atoms with Gasteiger partial charge in [0.25, 0.3) is 0 Å². The molecule has 3 nitrogen and oxygen atoms in total. The van der Waals surface area contributed by atoms with E-state index in [1.54, 1.807) is 0 Å². The van der Waals surface area contributed by atoms with E-state index in [2.05, 4.69) is 58.3 Å². The van der Waals surface area contributed by atoms with Crippen molar-refractivity contribution in [2.75, 3.05) is 48.8 Å². The Balaban J connectivity index is 3.46. The van der Waals surface area contributed by atoms with Crippen LogP contribution >= 0.6 is 0 Å². The van der Waals surface area contributed by atoms with E-state index in [1.165, 1.54) is 113 Å². The van der Waals surface area contributed by atoms with Crippen molar-refractivity contribution in [3.8, 4) is 0 Å². The van der Waals surface area contributed by atoms with Crippen molar-refractivity contribution in [2.24, 2.45) is 0 Å². The van der Waals surface area contributed by atoms with Crippen molar-refractivity contribution < 1.29 is 4.15 Å². The second-order valence-corrected chi connectivity index (χ2v) is 14.2. The highest BCUT2D eigenvalue weighted by Crippen LogP contribution is 2.15. The lowest BCUT2D eigenvalue weighted by molar-refractivity contribution is -0.793. The molecule has 0 aliphatic rings. The van der Waals surface area contributed by atoms with Crippen molar-refractivity contribution in [1.29, 1.82) is 0 Å². The summed E-state index contributed by atoms with van der Waals surface area (Å²) in [6.07, 6.45) is 23.2. The fourth-order valence-corrected chi connectivity index (χ4v) is 8.73. The van der Waals surface area contributed by atoms with Gasteiger partial charge in [-0.2, -0.15) is 0 Å². The second kappa shape index (κ2) is 17.9. The number of nitrogens with zero attached hydrogens (tertiary/aromatic N) is 3. The van der Waals surface area contributed by atoms with Crippen molar-refractivity contribution in [1.82, 2.24) is 9.13 Å². The average Bonchev–Trinajstić information content (AvgIpc) is 2.60. The van der Waals surface area contributed by atoms with Gasteiger partial charge in [0.05, 0.1) is 20.6 Å². The summed E-state index contributed by atoms with van der Waals surface area (Å²) in [6.45, 7) is 3.62. The monoisotopic (exact) mass is 414 g/mol. The maximum atomic E-state index is 2.48. The molecule has 0 amide bonds. The molecule has 0 heterocycles. The summed E-state index contributed by atoms with van der Waals surface area (Å²) in [5.74, 6) is 0. The predicted octanol–water partition coefficient (Wildman–Crippen LogP) is 6.16. The summed E-state index contributed by atoms with van der Waals surface area (Å²) in [5.41, 5.74) is 0. The van der Waals surface area contributed by atoms with Crippen LogP contribution < -0.4 is 0 Å². The van der Waals surface area contributed by atoms with Crippen LogP contribution in [0.4, 0.5) is 0 Å². The molecule has 0 rings (SSSR count). The summed E-state index contributed by atoms with van der Waals surface area (Å²) in [4.78, 5) is 0. The van der Waals surface area contributed by atoms with Crippen LogP contribution in [-0.2, 0) is 0 Å². The molecular weight excluding hydrogens is 358 g/mol. The lowest BCUT2D eigenvalue weighted by Crippen LogP contribution is -2.66. The average molecular weight is 415 g/mol. The van der Waals surface area contributed by atoms with Gasteiger partial charge in [-0.25, -0.2) is 0 Å². The van der Waals surface area contributed by atoms with Gasteiger partial charge in [0.15, 0.2) is 0 Å². The molecule has 0 spiro atoms. The zero-order chi connectivity index (χ0) is 21.3. The zero-order valence-electron chi connectivity index (χ0n) is 20.9. The molecule has 0 N–H and O–H groups in total. The first-order valence-corrected chi connectivity index (χ1v) is 14.0. The minimum atomic E-state index is -1.08. The van der Waals surface area contributed by atoms with E-state index in [0.29, 0.717) is 0 Å². The molecule has 0 aliphatic carbocycles. The minimum Gasteiger partial charge on any atom is -0.365 e. The SMILES string of the molecule is CCCCCCCCCCCCCCCCCC[N+](C)(C)[SiH](N(C)C)N(C)C. The zero-order valence-corrected chi connectivity index (χ0v) is 22.1. The highest BCUT2D eigenvalue weighted by Gasteiger charge is 2.36. The molecule has 4 heteroatoms. The van der Waals surface area contributed by atoms with Crippen molar-refractivity contribution in [3.63, 3.8) is 0 Å². The van der Waals surface area contributed by atoms with Gasteiger partial charge in [0.2, 0.25) is 0 Å². The highest BCUT2D eigenvalue weighted by molar-refractivity contribution is 6.44. The van der Waals surface area contributed by atoms with Gasteiger partial charge >= 0.3 is 9.28 Å². The Kier molecular flexibility index (Phi) is 18.0. The molecule has 0 aromatic heterocycles. The predicted molar refractivity (Wildman–Crippen MR) is 131 cm³/mol. The summed E-state index contributed by atoms with van der Waals surface area (Å²) in [5, 5.41) is 0. The molecule has 0 saturated heterocycles. The molecule has 28 heavy (non-hydrogen) atoms. The third-order valence-electron chi connectivity index (χ3n) is 6.14. The fraction of sp³-hybridized carbons (Fsp3) is 1.00. The van der Waals surface area contributed by atoms with Gasteiger partial charge in [-0.1, -0.05) is 96.8 Å². The Labute approximate surface area is 181 Å². The summed E-state index contributed by atoms with van der Waals surface area (Å²) < 4.78 is 6.15. The van der Waals surface area contributed by atoms with Crippen LogP contribution in [0.1, 0.15) is 110 Å². The van der Waals surface area contributed by atoms with Crippen LogP contribution in [0.25, 0.3) is 0 Å². The molecular formula is C24H56N3Si+. The van der Waals surface area contributed by atoms with Crippen molar-refractivity contribution in [2.45, 2.75) is 110 Å². The van der Waals surface area contributed by atoms with E-state index >= 15 is 0 Å². The van der Waals surface area contributed by atoms with Gasteiger partial charge in [0, 0.05) is 0 Å². The number of hydrogen-bond donors (Lipinski definition) is 0. The highest BCUT2D eigenvalue weighted by atomic mass is 28.3. The van der Waals surface area contributed by atoms with E-state index < -0.39 is 9.28 Å². The van der Waals surface area contributed by atoms with E-state index in [-0.39, 0.29) is 0 Å². The van der Waals surface area contributed by atoms with Crippen LogP contribution in [0, 0.1) is 0 Å². The van der Waals surface area contributed by atoms with Crippen LogP contribution in [-0.4, -0.2) is 71.4 Å². The van der Waals surface area contributed by atoms with Crippen molar-refractivity contribution in [3.05, 3.63) is 0 Å². The Morgan fingerprint density at radius 1 is 0.500 bits per heavy atom. The van der Waals surface area contributed by atoms with Gasteiger partial charge in [-0.3, -0.25) is 9.13 Å². The maximum Gasteiger partial charge on any atom is 0.439 e. The third kappa shape index (κ3) is 15.0. The van der Waals surface area contributed by atoms with Crippen LogP contribution in [0.2, 0.25) is 0 Å². The number of unbranched alkanes of at least 4 members (excludes halogenated alkanes) is 15. The third-order valence-corrected chi connectivity index (χ3v) is 9.49. The Morgan fingerprint density at radius 2 is 0.786 bits per heavy atom. The summed E-state index contributed by atoms with van der Waals surface area (Å²) in [7, 11) is 12.8. The lowest BCUT2D eigenvalue weighted by Gasteiger charge is -2.42. The Hall–Kier alpha value is 0.0969. The number of hydrogen-bond acceptors (Lipinski definition) is 2. The Morgan fingerprint density at radius 3 is 1.07 bits per heavy atom. The van der Waals surface area contributed by atoms with Gasteiger partial charge in [-0.05, 0) is 41.0 Å². The van der Waals surface area contributed by atoms with Gasteiger partial charge in [0.1, 0.15) is 0 Å². The first-order chi connectivity index (χ1) is 13.3. The molecule has 170 valence electrons. The molecule has 0 radical (unpaired) electrons. The number of rotatable bonds is 20. The van der Waals surface area contributed by atoms with Crippen LogP contribution in [0.15, 0.2) is 0 Å². The first-order valence-electron chi connectivity index (χ1n) is 12.5. The molecule has 0 unspecified atom stereocenters. The molecule has 0 bridgehead atoms. The van der Waals surface area contributed by atoms with Crippen molar-refractivity contribution >= 4 is 9.28 Å². The first kappa shape index (κ1) is 28.1. The van der Waals surface area contributed by atoms with E-state index in [9.17, 15) is 0 Å². The minimum absolute atomic E-state index is 1.08. The quantitative estimate of drug-likeness (QED) is 0.174. The largest absolute Gasteiger partial charge is 0.439 e. The fourth-order valence-electron chi connectivity index (χ4n) is 4.90. The number of quaternary nitrogens is 1. The Bertz CT molecular complexity index is 324. The molecule has 0 aromatic carbocycles. The molecule has 0 fully saturated rings. The standard InChI is InChI=1S/C24H56N3Si/c1-8-9-10-11-12-13-14-15-16-17-18-19-20-21-22-23-24-27(6,7)28(25(2)3)26(4)5/h28H,8-24H2,1-7H3/q+1. The second-order valence-electron chi connectivity index (χ2n) is 10.1. The molecule has 0 aliphatic heterocycles. The van der Waals surface area contributed by atoms with E-state index in [4.69, 9.17) is 0 Å². The smallest absolute Gasteiger partial charge is 0.365 e. The van der Waals surface area contributed by atoms with E-state index in [0.717, 1.165) is 0 Å².